The highest BCUT2D eigenvalue weighted by Gasteiger charge is 2.26. The number of hydrogen-bond acceptors (Lipinski definition) is 4. The average molecular weight is 259 g/mol. The van der Waals surface area contributed by atoms with Crippen LogP contribution in [0.1, 0.15) is 37.1 Å². The average Bonchev–Trinajstić information content (AvgIpc) is 2.27. The summed E-state index contributed by atoms with van der Waals surface area (Å²) in [5.41, 5.74) is 0.589. The number of rotatable bonds is 4. The summed E-state index contributed by atoms with van der Waals surface area (Å²) >= 11 is 5.98. The van der Waals surface area contributed by atoms with Crippen LogP contribution < -0.4 is 0 Å². The predicted octanol–water partition coefficient (Wildman–Crippen LogP) is 3.02. The zero-order valence-electron chi connectivity index (χ0n) is 9.29. The molecule has 0 aliphatic heterocycles. The van der Waals surface area contributed by atoms with Gasteiger partial charge in [0.1, 0.15) is 0 Å². The highest BCUT2D eigenvalue weighted by Crippen LogP contribution is 2.32. The van der Waals surface area contributed by atoms with E-state index >= 15 is 0 Å². The molecule has 2 unspecified atom stereocenters. The maximum absolute atomic E-state index is 10.7. The van der Waals surface area contributed by atoms with Gasteiger partial charge < -0.3 is 0 Å². The van der Waals surface area contributed by atoms with E-state index < -0.39 is 21.9 Å². The molecule has 92 valence electrons. The lowest BCUT2D eigenvalue weighted by molar-refractivity contribution is -0.525. The maximum atomic E-state index is 10.7. The molecule has 0 aliphatic carbocycles. The molecule has 0 bridgehead atoms. The highest BCUT2D eigenvalue weighted by molar-refractivity contribution is 6.32. The van der Waals surface area contributed by atoms with E-state index in [1.807, 2.05) is 0 Å². The molecular formula is C10H11ClN2O4. The van der Waals surface area contributed by atoms with E-state index in [2.05, 4.69) is 0 Å². The van der Waals surface area contributed by atoms with Crippen LogP contribution in [-0.2, 0) is 0 Å². The Labute approximate surface area is 103 Å². The number of hydrogen-bond donors (Lipinski definition) is 0. The minimum Gasteiger partial charge on any atom is -0.264 e. The minimum atomic E-state index is -0.985. The Morgan fingerprint density at radius 3 is 1.71 bits per heavy atom. The molecule has 6 nitrogen and oxygen atoms in total. The Kier molecular flexibility index (Phi) is 4.01. The molecule has 0 N–H and O–H groups in total. The summed E-state index contributed by atoms with van der Waals surface area (Å²) in [4.78, 5) is 20.4. The first-order valence-corrected chi connectivity index (χ1v) is 5.29. The lowest BCUT2D eigenvalue weighted by Crippen LogP contribution is -2.11. The van der Waals surface area contributed by atoms with Crippen molar-refractivity contribution in [3.63, 3.8) is 0 Å². The van der Waals surface area contributed by atoms with Gasteiger partial charge in [-0.05, 0) is 0 Å². The van der Waals surface area contributed by atoms with Crippen LogP contribution in [0.15, 0.2) is 18.2 Å². The predicted molar refractivity (Wildman–Crippen MR) is 62.3 cm³/mol. The molecule has 7 heteroatoms. The number of nitrogens with zero attached hydrogens (tertiary/aromatic N) is 2. The highest BCUT2D eigenvalue weighted by atomic mass is 35.5. The van der Waals surface area contributed by atoms with Crippen molar-refractivity contribution in [3.05, 3.63) is 54.6 Å². The standard InChI is InChI=1S/C10H11ClN2O4/c1-6(12(14)15)8-4-3-5-9(10(8)11)7(2)13(16)17/h3-7H,1-2H3. The Balaban J connectivity index is 3.25. The SMILES string of the molecule is CC(c1cccc(C(C)[N+](=O)[O-])c1Cl)[N+](=O)[O-]. The van der Waals surface area contributed by atoms with E-state index in [-0.39, 0.29) is 5.02 Å². The van der Waals surface area contributed by atoms with Crippen molar-refractivity contribution in [1.29, 1.82) is 0 Å². The zero-order valence-corrected chi connectivity index (χ0v) is 10.0. The Morgan fingerprint density at radius 2 is 1.41 bits per heavy atom. The first-order chi connectivity index (χ1) is 7.86. The van der Waals surface area contributed by atoms with Gasteiger partial charge in [0, 0.05) is 34.8 Å². The van der Waals surface area contributed by atoms with Crippen LogP contribution in [0.25, 0.3) is 0 Å². The first kappa shape index (κ1) is 13.4. The van der Waals surface area contributed by atoms with Crippen LogP contribution >= 0.6 is 11.6 Å². The van der Waals surface area contributed by atoms with Crippen LogP contribution in [-0.4, -0.2) is 9.85 Å². The number of halogens is 1. The molecule has 1 aromatic rings. The smallest absolute Gasteiger partial charge is 0.236 e. The van der Waals surface area contributed by atoms with Crippen LogP contribution in [0.3, 0.4) is 0 Å². The zero-order chi connectivity index (χ0) is 13.2. The topological polar surface area (TPSA) is 86.3 Å². The Hall–Kier alpha value is -1.69. The van der Waals surface area contributed by atoms with Crippen molar-refractivity contribution in [2.45, 2.75) is 25.9 Å². The third-order valence-electron chi connectivity index (χ3n) is 2.59. The molecule has 0 saturated heterocycles. The van der Waals surface area contributed by atoms with E-state index in [4.69, 9.17) is 11.6 Å². The van der Waals surface area contributed by atoms with Gasteiger partial charge in [0.05, 0.1) is 5.02 Å². The van der Waals surface area contributed by atoms with E-state index in [0.29, 0.717) is 11.1 Å². The van der Waals surface area contributed by atoms with E-state index in [0.717, 1.165) is 0 Å². The fourth-order valence-corrected chi connectivity index (χ4v) is 1.88. The van der Waals surface area contributed by atoms with E-state index in [1.165, 1.54) is 32.0 Å². The van der Waals surface area contributed by atoms with Gasteiger partial charge in [-0.15, -0.1) is 0 Å². The van der Waals surface area contributed by atoms with Gasteiger partial charge in [0.25, 0.3) is 0 Å². The van der Waals surface area contributed by atoms with Crippen LogP contribution in [0.5, 0.6) is 0 Å². The van der Waals surface area contributed by atoms with Crippen molar-refractivity contribution >= 4 is 11.6 Å². The molecule has 0 amide bonds. The molecule has 2 atom stereocenters. The molecule has 1 rings (SSSR count). The maximum Gasteiger partial charge on any atom is 0.236 e. The van der Waals surface area contributed by atoms with Gasteiger partial charge in [-0.2, -0.15) is 0 Å². The molecular weight excluding hydrogens is 248 g/mol. The fourth-order valence-electron chi connectivity index (χ4n) is 1.44. The Morgan fingerprint density at radius 1 is 1.06 bits per heavy atom. The molecule has 0 aromatic heterocycles. The second kappa shape index (κ2) is 5.09. The van der Waals surface area contributed by atoms with Crippen molar-refractivity contribution in [3.8, 4) is 0 Å². The summed E-state index contributed by atoms with van der Waals surface area (Å²) < 4.78 is 0. The van der Waals surface area contributed by atoms with Gasteiger partial charge in [0.2, 0.25) is 12.1 Å². The van der Waals surface area contributed by atoms with Crippen molar-refractivity contribution in [1.82, 2.24) is 0 Å². The first-order valence-electron chi connectivity index (χ1n) is 4.91. The molecule has 0 spiro atoms. The summed E-state index contributed by atoms with van der Waals surface area (Å²) in [7, 11) is 0. The molecule has 0 heterocycles. The third-order valence-corrected chi connectivity index (χ3v) is 3.03. The van der Waals surface area contributed by atoms with Gasteiger partial charge in [-0.25, -0.2) is 0 Å². The molecule has 0 radical (unpaired) electrons. The van der Waals surface area contributed by atoms with E-state index in [1.54, 1.807) is 0 Å². The third kappa shape index (κ3) is 2.71. The summed E-state index contributed by atoms with van der Waals surface area (Å²) in [6.45, 7) is 2.78. The molecule has 1 aromatic carbocycles. The normalized spacial score (nSPS) is 14.1. The van der Waals surface area contributed by atoms with Crippen LogP contribution in [0.2, 0.25) is 5.02 Å². The second-order valence-corrected chi connectivity index (χ2v) is 4.05. The molecule has 0 aliphatic rings. The lowest BCUT2D eigenvalue weighted by atomic mass is 10.0. The van der Waals surface area contributed by atoms with E-state index in [9.17, 15) is 20.2 Å². The van der Waals surface area contributed by atoms with Gasteiger partial charge in [-0.1, -0.05) is 29.8 Å². The summed E-state index contributed by atoms with van der Waals surface area (Å²) in [6.07, 6.45) is 0. The van der Waals surface area contributed by atoms with Crippen molar-refractivity contribution in [2.75, 3.05) is 0 Å². The Bertz CT molecular complexity index is 425. The largest absolute Gasteiger partial charge is 0.264 e. The van der Waals surface area contributed by atoms with Crippen molar-refractivity contribution in [2.24, 2.45) is 0 Å². The van der Waals surface area contributed by atoms with Gasteiger partial charge >= 0.3 is 0 Å². The molecule has 17 heavy (non-hydrogen) atoms. The minimum absolute atomic E-state index is 0.0981. The molecule has 0 fully saturated rings. The summed E-state index contributed by atoms with van der Waals surface area (Å²) in [6, 6.07) is 2.58. The summed E-state index contributed by atoms with van der Waals surface area (Å²) in [5.74, 6) is 0. The van der Waals surface area contributed by atoms with Gasteiger partial charge in [0.15, 0.2) is 0 Å². The molecule has 0 saturated carbocycles. The summed E-state index contributed by atoms with van der Waals surface area (Å²) in [5, 5.41) is 21.5. The lowest BCUT2D eigenvalue weighted by Gasteiger charge is -2.11. The fraction of sp³-hybridized carbons (Fsp3) is 0.400. The van der Waals surface area contributed by atoms with Gasteiger partial charge in [-0.3, -0.25) is 20.2 Å². The van der Waals surface area contributed by atoms with Crippen LogP contribution in [0, 0.1) is 20.2 Å². The monoisotopic (exact) mass is 258 g/mol. The number of benzene rings is 1. The second-order valence-electron chi connectivity index (χ2n) is 3.67. The quantitative estimate of drug-likeness (QED) is 0.613. The van der Waals surface area contributed by atoms with Crippen molar-refractivity contribution < 1.29 is 9.85 Å². The number of nitro groups is 2. The van der Waals surface area contributed by atoms with Crippen LogP contribution in [0.4, 0.5) is 0 Å².